The molecular formula is C26H21ClN2O3S. The lowest BCUT2D eigenvalue weighted by Crippen LogP contribution is -2.41. The molecule has 0 saturated heterocycles. The number of carbonyl (C=O) groups is 1. The van der Waals surface area contributed by atoms with Crippen LogP contribution < -0.4 is 14.4 Å². The number of anilines is 1. The third-order valence-electron chi connectivity index (χ3n) is 5.41. The van der Waals surface area contributed by atoms with Gasteiger partial charge < -0.3 is 14.4 Å². The van der Waals surface area contributed by atoms with E-state index in [9.17, 15) is 4.79 Å². The fourth-order valence-electron chi connectivity index (χ4n) is 3.66. The molecule has 166 valence electrons. The van der Waals surface area contributed by atoms with Gasteiger partial charge in [-0.15, -0.1) is 11.3 Å². The molecule has 2 heterocycles. The quantitative estimate of drug-likeness (QED) is 0.330. The van der Waals surface area contributed by atoms with Gasteiger partial charge >= 0.3 is 0 Å². The molecule has 1 aliphatic rings. The minimum Gasteiger partial charge on any atom is -0.492 e. The molecule has 0 spiro atoms. The fraction of sp³-hybridized carbons (Fsp3) is 0.154. The van der Waals surface area contributed by atoms with Gasteiger partial charge in [-0.3, -0.25) is 4.79 Å². The van der Waals surface area contributed by atoms with Crippen molar-refractivity contribution in [2.24, 2.45) is 0 Å². The number of halogens is 1. The summed E-state index contributed by atoms with van der Waals surface area (Å²) in [7, 11) is 0. The van der Waals surface area contributed by atoms with E-state index < -0.39 is 0 Å². The van der Waals surface area contributed by atoms with E-state index in [1.807, 2.05) is 79.0 Å². The highest BCUT2D eigenvalue weighted by molar-refractivity contribution is 7.13. The average molecular weight is 477 g/mol. The van der Waals surface area contributed by atoms with Crippen LogP contribution in [0.4, 0.5) is 5.69 Å². The maximum atomic E-state index is 12.6. The van der Waals surface area contributed by atoms with Crippen molar-refractivity contribution in [3.05, 3.63) is 82.7 Å². The van der Waals surface area contributed by atoms with E-state index >= 15 is 0 Å². The summed E-state index contributed by atoms with van der Waals surface area (Å²) in [5, 5.41) is 3.52. The zero-order chi connectivity index (χ0) is 22.8. The smallest absolute Gasteiger partial charge is 0.265 e. The maximum Gasteiger partial charge on any atom is 0.265 e. The van der Waals surface area contributed by atoms with Crippen molar-refractivity contribution in [1.29, 1.82) is 0 Å². The van der Waals surface area contributed by atoms with E-state index in [0.29, 0.717) is 23.9 Å². The Hall–Kier alpha value is -3.35. The van der Waals surface area contributed by atoms with Crippen molar-refractivity contribution in [1.82, 2.24) is 4.98 Å². The Morgan fingerprint density at radius 1 is 1.12 bits per heavy atom. The molecule has 1 amide bonds. The number of aryl methyl sites for hydroxylation is 1. The van der Waals surface area contributed by atoms with E-state index in [0.717, 1.165) is 33.3 Å². The first-order chi connectivity index (χ1) is 16.1. The minimum absolute atomic E-state index is 0.0181. The number of hydrogen-bond acceptors (Lipinski definition) is 5. The number of amides is 1. The number of hydrogen-bond donors (Lipinski definition) is 0. The molecule has 0 N–H and O–H groups in total. The second-order valence-electron chi connectivity index (χ2n) is 7.70. The predicted octanol–water partition coefficient (Wildman–Crippen LogP) is 6.24. The van der Waals surface area contributed by atoms with Gasteiger partial charge in [0.2, 0.25) is 0 Å². The number of nitrogens with zero attached hydrogens (tertiary/aromatic N) is 2. The summed E-state index contributed by atoms with van der Waals surface area (Å²) in [5.74, 6) is 1.36. The molecule has 3 aromatic carbocycles. The summed E-state index contributed by atoms with van der Waals surface area (Å²) in [6.45, 7) is 2.86. The fourth-order valence-corrected chi connectivity index (χ4v) is 4.81. The first-order valence-electron chi connectivity index (χ1n) is 10.6. The Kier molecular flexibility index (Phi) is 6.03. The average Bonchev–Trinajstić information content (AvgIpc) is 3.32. The molecule has 0 fully saturated rings. The van der Waals surface area contributed by atoms with Crippen LogP contribution in [0, 0.1) is 6.92 Å². The molecule has 1 aliphatic heterocycles. The topological polar surface area (TPSA) is 51.7 Å². The zero-order valence-electron chi connectivity index (χ0n) is 18.0. The number of aromatic nitrogens is 1. The second-order valence-corrected chi connectivity index (χ2v) is 8.96. The van der Waals surface area contributed by atoms with E-state index in [1.54, 1.807) is 4.90 Å². The largest absolute Gasteiger partial charge is 0.492 e. The molecule has 0 radical (unpaired) electrons. The van der Waals surface area contributed by atoms with Crippen molar-refractivity contribution in [2.75, 3.05) is 24.7 Å². The number of thiazole rings is 1. The van der Waals surface area contributed by atoms with Gasteiger partial charge in [-0.2, -0.15) is 0 Å². The maximum absolute atomic E-state index is 12.6. The SMILES string of the molecule is Cc1ccc(OCCN2C(=O)COc3ccc(-c4csc(-c5ccccc5Cl)n4)cc32)cc1. The van der Waals surface area contributed by atoms with Crippen LogP contribution in [0.3, 0.4) is 0 Å². The molecule has 0 aliphatic carbocycles. The lowest BCUT2D eigenvalue weighted by molar-refractivity contribution is -0.121. The van der Waals surface area contributed by atoms with Crippen LogP contribution in [0.25, 0.3) is 21.8 Å². The van der Waals surface area contributed by atoms with Gasteiger partial charge in [0.15, 0.2) is 6.61 Å². The van der Waals surface area contributed by atoms with E-state index in [-0.39, 0.29) is 12.5 Å². The highest BCUT2D eigenvalue weighted by atomic mass is 35.5. The van der Waals surface area contributed by atoms with Gasteiger partial charge in [0.25, 0.3) is 5.91 Å². The van der Waals surface area contributed by atoms with Crippen LogP contribution in [0.15, 0.2) is 72.1 Å². The van der Waals surface area contributed by atoms with E-state index in [1.165, 1.54) is 16.9 Å². The van der Waals surface area contributed by atoms with Gasteiger partial charge in [-0.05, 0) is 43.3 Å². The molecule has 0 atom stereocenters. The lowest BCUT2D eigenvalue weighted by Gasteiger charge is -2.29. The van der Waals surface area contributed by atoms with Crippen LogP contribution in [0.5, 0.6) is 11.5 Å². The third kappa shape index (κ3) is 4.58. The summed E-state index contributed by atoms with van der Waals surface area (Å²) in [6, 6.07) is 21.3. The molecule has 33 heavy (non-hydrogen) atoms. The number of carbonyl (C=O) groups excluding carboxylic acids is 1. The number of fused-ring (bicyclic) bond motifs is 1. The Labute approximate surface area is 201 Å². The van der Waals surface area contributed by atoms with Crippen molar-refractivity contribution >= 4 is 34.5 Å². The van der Waals surface area contributed by atoms with E-state index in [4.69, 9.17) is 26.1 Å². The van der Waals surface area contributed by atoms with Gasteiger partial charge in [0, 0.05) is 16.5 Å². The molecular weight excluding hydrogens is 456 g/mol. The van der Waals surface area contributed by atoms with Crippen molar-refractivity contribution in [3.8, 4) is 33.3 Å². The van der Waals surface area contributed by atoms with Gasteiger partial charge in [-0.25, -0.2) is 4.98 Å². The molecule has 1 aromatic heterocycles. The van der Waals surface area contributed by atoms with Crippen molar-refractivity contribution in [2.45, 2.75) is 6.92 Å². The molecule has 7 heteroatoms. The molecule has 0 unspecified atom stereocenters. The number of ether oxygens (including phenoxy) is 2. The zero-order valence-corrected chi connectivity index (χ0v) is 19.5. The second kappa shape index (κ2) is 9.25. The molecule has 5 rings (SSSR count). The van der Waals surface area contributed by atoms with E-state index in [2.05, 4.69) is 0 Å². The Bertz CT molecular complexity index is 1300. The summed E-state index contributed by atoms with van der Waals surface area (Å²) < 4.78 is 11.5. The highest BCUT2D eigenvalue weighted by Gasteiger charge is 2.26. The van der Waals surface area contributed by atoms with Gasteiger partial charge in [0.05, 0.1) is 22.9 Å². The normalized spacial score (nSPS) is 12.9. The van der Waals surface area contributed by atoms with Crippen molar-refractivity contribution in [3.63, 3.8) is 0 Å². The minimum atomic E-state index is -0.0952. The standard InChI is InChI=1S/C26H21ClN2O3S/c1-17-6-9-19(10-7-17)31-13-12-29-23-14-18(8-11-24(23)32-15-25(29)30)22-16-33-26(28-22)20-4-2-3-5-21(20)27/h2-11,14,16H,12-13,15H2,1H3. The van der Waals surface area contributed by atoms with Crippen LogP contribution in [-0.2, 0) is 4.79 Å². The number of benzene rings is 3. The summed E-state index contributed by atoms with van der Waals surface area (Å²) in [6.07, 6.45) is 0. The monoisotopic (exact) mass is 476 g/mol. The Morgan fingerprint density at radius 3 is 2.76 bits per heavy atom. The van der Waals surface area contributed by atoms with Gasteiger partial charge in [-0.1, -0.05) is 47.5 Å². The molecule has 0 bridgehead atoms. The first-order valence-corrected chi connectivity index (χ1v) is 11.8. The lowest BCUT2D eigenvalue weighted by atomic mass is 10.1. The van der Waals surface area contributed by atoms with Gasteiger partial charge in [0.1, 0.15) is 23.1 Å². The van der Waals surface area contributed by atoms with Crippen LogP contribution in [0.2, 0.25) is 5.02 Å². The molecule has 0 saturated carbocycles. The third-order valence-corrected chi connectivity index (χ3v) is 6.62. The summed E-state index contributed by atoms with van der Waals surface area (Å²) in [5.41, 5.74) is 4.54. The highest BCUT2D eigenvalue weighted by Crippen LogP contribution is 2.38. The Morgan fingerprint density at radius 2 is 1.94 bits per heavy atom. The Balaban J connectivity index is 1.37. The molecule has 4 aromatic rings. The van der Waals surface area contributed by atoms with Crippen molar-refractivity contribution < 1.29 is 14.3 Å². The number of rotatable bonds is 6. The first kappa shape index (κ1) is 21.5. The van der Waals surface area contributed by atoms with Crippen LogP contribution in [-0.4, -0.2) is 30.6 Å². The van der Waals surface area contributed by atoms with Crippen LogP contribution >= 0.6 is 22.9 Å². The summed E-state index contributed by atoms with van der Waals surface area (Å²) in [4.78, 5) is 19.1. The predicted molar refractivity (Wildman–Crippen MR) is 133 cm³/mol. The van der Waals surface area contributed by atoms with Crippen LogP contribution in [0.1, 0.15) is 5.56 Å². The summed E-state index contributed by atoms with van der Waals surface area (Å²) >= 11 is 7.87. The molecule has 5 nitrogen and oxygen atoms in total.